The van der Waals surface area contributed by atoms with Crippen LogP contribution in [0.5, 0.6) is 17.2 Å². The predicted molar refractivity (Wildman–Crippen MR) is 155 cm³/mol. The summed E-state index contributed by atoms with van der Waals surface area (Å²) in [7, 11) is 1.67. The molecule has 212 valence electrons. The summed E-state index contributed by atoms with van der Waals surface area (Å²) < 4.78 is 29.4. The van der Waals surface area contributed by atoms with Crippen LogP contribution >= 0.6 is 0 Å². The van der Waals surface area contributed by atoms with Crippen molar-refractivity contribution in [2.75, 3.05) is 46.6 Å². The molecule has 40 heavy (non-hydrogen) atoms. The molecule has 0 spiro atoms. The molecule has 1 fully saturated rings. The van der Waals surface area contributed by atoms with E-state index in [0.717, 1.165) is 54.3 Å². The minimum absolute atomic E-state index is 0.0818. The number of nitriles is 1. The first-order chi connectivity index (χ1) is 19.8. The highest BCUT2D eigenvalue weighted by Gasteiger charge is 2.27. The van der Waals surface area contributed by atoms with Crippen LogP contribution in [0.25, 0.3) is 0 Å². The van der Waals surface area contributed by atoms with Gasteiger partial charge in [-0.2, -0.15) is 5.26 Å². The quantitative estimate of drug-likeness (QED) is 0.232. The van der Waals surface area contributed by atoms with Crippen LogP contribution in [0, 0.1) is 11.3 Å². The van der Waals surface area contributed by atoms with Gasteiger partial charge in [-0.05, 0) is 54.8 Å². The van der Waals surface area contributed by atoms with E-state index in [0.29, 0.717) is 51.8 Å². The molecule has 0 aromatic heterocycles. The van der Waals surface area contributed by atoms with Crippen molar-refractivity contribution >= 4 is 0 Å². The van der Waals surface area contributed by atoms with Gasteiger partial charge in [0.25, 0.3) is 0 Å². The molecule has 0 radical (unpaired) electrons. The Morgan fingerprint density at radius 3 is 2.42 bits per heavy atom. The Hall–Kier alpha value is -3.57. The maximum Gasteiger partial charge on any atom is 0.124 e. The van der Waals surface area contributed by atoms with Gasteiger partial charge in [0.1, 0.15) is 23.9 Å². The lowest BCUT2D eigenvalue weighted by molar-refractivity contribution is 0.00721. The molecule has 2 atom stereocenters. The molecule has 1 aliphatic rings. The van der Waals surface area contributed by atoms with Gasteiger partial charge in [-0.15, -0.1) is 0 Å². The van der Waals surface area contributed by atoms with Gasteiger partial charge in [0.15, 0.2) is 0 Å². The molecular formula is C33H40N2O5. The van der Waals surface area contributed by atoms with Crippen molar-refractivity contribution in [1.82, 2.24) is 5.32 Å². The van der Waals surface area contributed by atoms with Crippen molar-refractivity contribution < 1.29 is 23.7 Å². The summed E-state index contributed by atoms with van der Waals surface area (Å²) in [5.74, 6) is 2.87. The maximum absolute atomic E-state index is 8.89. The molecule has 0 amide bonds. The van der Waals surface area contributed by atoms with E-state index < -0.39 is 0 Å². The van der Waals surface area contributed by atoms with Crippen LogP contribution in [-0.2, 0) is 22.5 Å². The topological polar surface area (TPSA) is 82.0 Å². The standard InChI is InChI=1S/C33H40N2O5/c1-36-31-11-4-3-9-28(31)25-37-20-7-21-38-29-15-13-26(14-16-29)30-17-19-35-24-33(30)40-23-22-39-32-12-5-2-8-27(32)10-6-18-34/h2-5,8-9,11-16,30,33,35H,6-7,10,17,19-25H2,1H3/t30-,33?/m1/s1. The third kappa shape index (κ3) is 8.99. The summed E-state index contributed by atoms with van der Waals surface area (Å²) in [6.45, 7) is 4.53. The number of methoxy groups -OCH3 is 1. The van der Waals surface area contributed by atoms with E-state index in [1.165, 1.54) is 5.56 Å². The molecule has 1 saturated heterocycles. The van der Waals surface area contributed by atoms with Gasteiger partial charge in [-0.25, -0.2) is 0 Å². The van der Waals surface area contributed by atoms with E-state index in [4.69, 9.17) is 28.9 Å². The molecule has 0 bridgehead atoms. The highest BCUT2D eigenvalue weighted by Crippen LogP contribution is 2.29. The first-order valence-corrected chi connectivity index (χ1v) is 14.1. The molecule has 1 N–H and O–H groups in total. The smallest absolute Gasteiger partial charge is 0.124 e. The largest absolute Gasteiger partial charge is 0.496 e. The number of piperidine rings is 1. The van der Waals surface area contributed by atoms with E-state index in [9.17, 15) is 0 Å². The number of aryl methyl sites for hydroxylation is 1. The number of nitrogens with zero attached hydrogens (tertiary/aromatic N) is 1. The number of hydrogen-bond acceptors (Lipinski definition) is 7. The molecule has 1 heterocycles. The molecule has 7 nitrogen and oxygen atoms in total. The Morgan fingerprint density at radius 1 is 0.850 bits per heavy atom. The van der Waals surface area contributed by atoms with E-state index in [-0.39, 0.29) is 6.10 Å². The maximum atomic E-state index is 8.89. The second-order valence-electron chi connectivity index (χ2n) is 9.76. The van der Waals surface area contributed by atoms with Crippen LogP contribution in [0.15, 0.2) is 72.8 Å². The van der Waals surface area contributed by atoms with Crippen molar-refractivity contribution in [2.24, 2.45) is 0 Å². The van der Waals surface area contributed by atoms with Crippen molar-refractivity contribution in [2.45, 2.75) is 44.3 Å². The average Bonchev–Trinajstić information content (AvgIpc) is 3.01. The molecule has 0 saturated carbocycles. The summed E-state index contributed by atoms with van der Waals surface area (Å²) in [4.78, 5) is 0. The second kappa shape index (κ2) is 16.5. The summed E-state index contributed by atoms with van der Waals surface area (Å²) in [5.41, 5.74) is 3.37. The van der Waals surface area contributed by atoms with Gasteiger partial charge in [-0.3, -0.25) is 0 Å². The van der Waals surface area contributed by atoms with Crippen LogP contribution in [0.2, 0.25) is 0 Å². The molecule has 7 heteroatoms. The number of benzene rings is 3. The third-order valence-corrected chi connectivity index (χ3v) is 7.04. The lowest BCUT2D eigenvalue weighted by Gasteiger charge is -2.32. The summed E-state index contributed by atoms with van der Waals surface area (Å²) in [6, 6.07) is 26.4. The third-order valence-electron chi connectivity index (χ3n) is 7.04. The SMILES string of the molecule is COc1ccccc1COCCCOc1ccc([C@H]2CCNCC2OCCOc2ccccc2CCC#N)cc1. The van der Waals surface area contributed by atoms with Crippen LogP contribution in [0.3, 0.4) is 0 Å². The lowest BCUT2D eigenvalue weighted by Crippen LogP contribution is -2.41. The normalized spacial score (nSPS) is 16.7. The van der Waals surface area contributed by atoms with Crippen molar-refractivity contribution in [3.63, 3.8) is 0 Å². The number of ether oxygens (including phenoxy) is 5. The van der Waals surface area contributed by atoms with Crippen LogP contribution in [0.4, 0.5) is 0 Å². The Kier molecular flexibility index (Phi) is 12.1. The van der Waals surface area contributed by atoms with Crippen LogP contribution in [-0.4, -0.2) is 52.7 Å². The van der Waals surface area contributed by atoms with Crippen molar-refractivity contribution in [3.05, 3.63) is 89.5 Å². The van der Waals surface area contributed by atoms with Gasteiger partial charge < -0.3 is 29.0 Å². The average molecular weight is 545 g/mol. The number of nitrogens with one attached hydrogen (secondary N) is 1. The lowest BCUT2D eigenvalue weighted by atomic mass is 9.88. The Morgan fingerprint density at radius 2 is 1.62 bits per heavy atom. The second-order valence-corrected chi connectivity index (χ2v) is 9.76. The van der Waals surface area contributed by atoms with Crippen molar-refractivity contribution in [3.8, 4) is 23.3 Å². The zero-order chi connectivity index (χ0) is 27.8. The molecular weight excluding hydrogens is 504 g/mol. The fourth-order valence-corrected chi connectivity index (χ4v) is 4.95. The molecule has 1 unspecified atom stereocenters. The number of para-hydroxylation sites is 2. The molecule has 3 aromatic carbocycles. The van der Waals surface area contributed by atoms with E-state index >= 15 is 0 Å². The van der Waals surface area contributed by atoms with Crippen molar-refractivity contribution in [1.29, 1.82) is 5.26 Å². The van der Waals surface area contributed by atoms with E-state index in [1.54, 1.807) is 7.11 Å². The van der Waals surface area contributed by atoms with E-state index in [1.807, 2.05) is 60.7 Å². The highest BCUT2D eigenvalue weighted by atomic mass is 16.5. The molecule has 3 aromatic rings. The van der Waals surface area contributed by atoms with Gasteiger partial charge in [-0.1, -0.05) is 48.5 Å². The van der Waals surface area contributed by atoms with Gasteiger partial charge >= 0.3 is 0 Å². The first-order valence-electron chi connectivity index (χ1n) is 14.1. The fraction of sp³-hybridized carbons (Fsp3) is 0.424. The Bertz CT molecular complexity index is 1190. The van der Waals surface area contributed by atoms with Gasteiger partial charge in [0.05, 0.1) is 45.7 Å². The zero-order valence-corrected chi connectivity index (χ0v) is 23.3. The molecule has 0 aliphatic carbocycles. The Balaban J connectivity index is 1.17. The first kappa shape index (κ1) is 29.4. The monoisotopic (exact) mass is 544 g/mol. The Labute approximate surface area is 238 Å². The molecule has 4 rings (SSSR count). The zero-order valence-electron chi connectivity index (χ0n) is 23.3. The summed E-state index contributed by atoms with van der Waals surface area (Å²) in [5, 5.41) is 12.4. The van der Waals surface area contributed by atoms with E-state index in [2.05, 4.69) is 23.5 Å². The predicted octanol–water partition coefficient (Wildman–Crippen LogP) is 5.68. The molecule has 1 aliphatic heterocycles. The van der Waals surface area contributed by atoms with Crippen LogP contribution < -0.4 is 19.5 Å². The van der Waals surface area contributed by atoms with Gasteiger partial charge in [0, 0.05) is 30.9 Å². The summed E-state index contributed by atoms with van der Waals surface area (Å²) >= 11 is 0. The highest BCUT2D eigenvalue weighted by molar-refractivity contribution is 5.34. The fourth-order valence-electron chi connectivity index (χ4n) is 4.95. The number of hydrogen-bond donors (Lipinski definition) is 1. The van der Waals surface area contributed by atoms with Gasteiger partial charge in [0.2, 0.25) is 0 Å². The minimum Gasteiger partial charge on any atom is -0.496 e. The summed E-state index contributed by atoms with van der Waals surface area (Å²) in [6.07, 6.45) is 3.09. The number of rotatable bonds is 16. The van der Waals surface area contributed by atoms with Crippen LogP contribution in [0.1, 0.15) is 41.9 Å². The minimum atomic E-state index is 0.0818.